The minimum Gasteiger partial charge on any atom is -0.198 e. The number of hydrogen-bond acceptors (Lipinski definition) is 2. The first-order valence-corrected chi connectivity index (χ1v) is 4.16. The summed E-state index contributed by atoms with van der Waals surface area (Å²) in [4.78, 5) is 0. The molecule has 3 heteroatoms. The van der Waals surface area contributed by atoms with Gasteiger partial charge < -0.3 is 0 Å². The molecule has 0 aromatic rings. The number of nitrogens with zero attached hydrogens (tertiary/aromatic N) is 1. The first-order valence-electron chi connectivity index (χ1n) is 3.36. The largest absolute Gasteiger partial charge is 0.463 e. The first kappa shape index (κ1) is 9.51. The fraction of sp³-hybridized carbons (Fsp3) is 0.857. The van der Waals surface area contributed by atoms with Crippen molar-refractivity contribution >= 4 is 11.7 Å². The molecule has 0 fully saturated rings. The number of nitriles is 1. The van der Waals surface area contributed by atoms with Gasteiger partial charge in [0.15, 0.2) is 0 Å². The SMILES string of the molecule is CC(C)CC(CC#N)[S+]=O. The molecule has 2 nitrogen and oxygen atoms in total. The highest BCUT2D eigenvalue weighted by atomic mass is 32.1. The number of rotatable bonds is 4. The Morgan fingerprint density at radius 2 is 2.20 bits per heavy atom. The van der Waals surface area contributed by atoms with Crippen molar-refractivity contribution < 1.29 is 4.21 Å². The third kappa shape index (κ3) is 4.39. The van der Waals surface area contributed by atoms with Crippen LogP contribution in [-0.2, 0) is 15.9 Å². The lowest BCUT2D eigenvalue weighted by molar-refractivity contribution is 0.548. The maximum Gasteiger partial charge on any atom is 0.463 e. The van der Waals surface area contributed by atoms with Crippen LogP contribution in [0.25, 0.3) is 0 Å². The van der Waals surface area contributed by atoms with Gasteiger partial charge in [0.1, 0.15) is 0 Å². The van der Waals surface area contributed by atoms with Crippen molar-refractivity contribution in [2.45, 2.75) is 31.9 Å². The minimum atomic E-state index is -0.00926. The molecule has 0 saturated heterocycles. The molecule has 0 aliphatic rings. The quantitative estimate of drug-likeness (QED) is 0.585. The molecular formula is C7H12NOS+. The van der Waals surface area contributed by atoms with E-state index in [1.165, 1.54) is 0 Å². The van der Waals surface area contributed by atoms with E-state index in [2.05, 4.69) is 13.8 Å². The molecule has 0 aromatic heterocycles. The minimum absolute atomic E-state index is 0.00926. The van der Waals surface area contributed by atoms with Crippen molar-refractivity contribution in [1.82, 2.24) is 0 Å². The Bertz CT molecular complexity index is 139. The zero-order valence-corrected chi connectivity index (χ0v) is 7.15. The molecule has 0 amide bonds. The lowest BCUT2D eigenvalue weighted by Gasteiger charge is -1.98. The molecule has 0 N–H and O–H groups in total. The Hall–Kier alpha value is -0.490. The van der Waals surface area contributed by atoms with Gasteiger partial charge in [-0.1, -0.05) is 13.8 Å². The van der Waals surface area contributed by atoms with Crippen LogP contribution in [0.15, 0.2) is 0 Å². The van der Waals surface area contributed by atoms with E-state index in [4.69, 9.17) is 5.26 Å². The third-order valence-corrected chi connectivity index (χ3v) is 1.82. The van der Waals surface area contributed by atoms with E-state index in [-0.39, 0.29) is 5.25 Å². The maximum absolute atomic E-state index is 10.3. The van der Waals surface area contributed by atoms with Crippen molar-refractivity contribution in [3.63, 3.8) is 0 Å². The van der Waals surface area contributed by atoms with Gasteiger partial charge in [-0.25, -0.2) is 0 Å². The van der Waals surface area contributed by atoms with E-state index >= 15 is 0 Å². The van der Waals surface area contributed by atoms with Crippen molar-refractivity contribution in [2.75, 3.05) is 0 Å². The second-order valence-corrected chi connectivity index (χ2v) is 3.57. The van der Waals surface area contributed by atoms with Gasteiger partial charge in [0.2, 0.25) is 5.25 Å². The maximum atomic E-state index is 10.3. The Labute approximate surface area is 65.7 Å². The topological polar surface area (TPSA) is 40.9 Å². The second-order valence-electron chi connectivity index (χ2n) is 2.71. The molecule has 0 rings (SSSR count). The van der Waals surface area contributed by atoms with E-state index in [9.17, 15) is 4.21 Å². The summed E-state index contributed by atoms with van der Waals surface area (Å²) in [6.07, 6.45) is 1.23. The molecule has 0 radical (unpaired) electrons. The number of hydrogen-bond donors (Lipinski definition) is 0. The molecule has 1 atom stereocenters. The molecular weight excluding hydrogens is 146 g/mol. The average molecular weight is 158 g/mol. The summed E-state index contributed by atoms with van der Waals surface area (Å²) >= 11 is 0.550. The van der Waals surface area contributed by atoms with Crippen molar-refractivity contribution in [2.24, 2.45) is 5.92 Å². The molecule has 56 valence electrons. The van der Waals surface area contributed by atoms with Crippen LogP contribution in [0.4, 0.5) is 0 Å². The van der Waals surface area contributed by atoms with E-state index in [0.717, 1.165) is 6.42 Å². The van der Waals surface area contributed by atoms with Gasteiger partial charge in [-0.05, 0) is 5.92 Å². The lowest BCUT2D eigenvalue weighted by atomic mass is 10.1. The van der Waals surface area contributed by atoms with Gasteiger partial charge in [0.05, 0.1) is 12.5 Å². The zero-order chi connectivity index (χ0) is 7.98. The normalized spacial score (nSPS) is 12.6. The van der Waals surface area contributed by atoms with Crippen LogP contribution in [0.2, 0.25) is 0 Å². The van der Waals surface area contributed by atoms with Gasteiger partial charge in [-0.2, -0.15) is 5.26 Å². The second kappa shape index (κ2) is 5.31. The van der Waals surface area contributed by atoms with E-state index in [1.807, 2.05) is 6.07 Å². The first-order chi connectivity index (χ1) is 4.70. The van der Waals surface area contributed by atoms with Crippen LogP contribution < -0.4 is 0 Å². The molecule has 0 saturated carbocycles. The van der Waals surface area contributed by atoms with Crippen LogP contribution in [-0.4, -0.2) is 5.25 Å². The summed E-state index contributed by atoms with van der Waals surface area (Å²) in [5, 5.41) is 8.27. The molecule has 1 unspecified atom stereocenters. The predicted molar refractivity (Wildman–Crippen MR) is 41.5 cm³/mol. The van der Waals surface area contributed by atoms with Crippen molar-refractivity contribution in [3.05, 3.63) is 0 Å². The zero-order valence-electron chi connectivity index (χ0n) is 6.33. The summed E-state index contributed by atoms with van der Waals surface area (Å²) in [6.45, 7) is 4.11. The summed E-state index contributed by atoms with van der Waals surface area (Å²) in [5.41, 5.74) is 0. The van der Waals surface area contributed by atoms with E-state index in [1.54, 1.807) is 0 Å². The standard InChI is InChI=1S/C7H12NOS/c1-6(2)5-7(10-9)3-4-8/h6-7H,3,5H2,1-2H3/q+1. The molecule has 0 aliphatic heterocycles. The predicted octanol–water partition coefficient (Wildman–Crippen LogP) is 1.74. The highest BCUT2D eigenvalue weighted by molar-refractivity contribution is 7.66. The summed E-state index contributed by atoms with van der Waals surface area (Å²) < 4.78 is 10.3. The molecule has 10 heavy (non-hydrogen) atoms. The fourth-order valence-electron chi connectivity index (χ4n) is 0.784. The monoisotopic (exact) mass is 158 g/mol. The van der Waals surface area contributed by atoms with Crippen molar-refractivity contribution in [3.8, 4) is 6.07 Å². The lowest BCUT2D eigenvalue weighted by Crippen LogP contribution is -2.07. The fourth-order valence-corrected chi connectivity index (χ4v) is 1.39. The summed E-state index contributed by atoms with van der Waals surface area (Å²) in [6, 6.07) is 2.00. The van der Waals surface area contributed by atoms with Crippen LogP contribution in [0.5, 0.6) is 0 Å². The van der Waals surface area contributed by atoms with E-state index < -0.39 is 0 Å². The highest BCUT2D eigenvalue weighted by Crippen LogP contribution is 2.08. The smallest absolute Gasteiger partial charge is 0.198 e. The average Bonchev–Trinajstić information content (AvgIpc) is 1.86. The third-order valence-electron chi connectivity index (χ3n) is 1.19. The van der Waals surface area contributed by atoms with Crippen LogP contribution >= 0.6 is 0 Å². The summed E-state index contributed by atoms with van der Waals surface area (Å²) in [7, 11) is 0. The Morgan fingerprint density at radius 3 is 2.50 bits per heavy atom. The molecule has 0 bridgehead atoms. The molecule has 0 heterocycles. The molecule has 0 spiro atoms. The van der Waals surface area contributed by atoms with Gasteiger partial charge in [0.25, 0.3) is 0 Å². The Kier molecular flexibility index (Phi) is 5.05. The van der Waals surface area contributed by atoms with Gasteiger partial charge in [-0.15, -0.1) is 0 Å². The van der Waals surface area contributed by atoms with Gasteiger partial charge in [-0.3, -0.25) is 0 Å². The highest BCUT2D eigenvalue weighted by Gasteiger charge is 2.21. The Balaban J connectivity index is 3.62. The summed E-state index contributed by atoms with van der Waals surface area (Å²) in [5.74, 6) is 0.514. The molecule has 0 aromatic carbocycles. The van der Waals surface area contributed by atoms with Gasteiger partial charge in [0, 0.05) is 10.6 Å². The van der Waals surface area contributed by atoms with E-state index in [0.29, 0.717) is 24.0 Å². The van der Waals surface area contributed by atoms with Gasteiger partial charge >= 0.3 is 11.7 Å². The van der Waals surface area contributed by atoms with Crippen LogP contribution in [0, 0.1) is 17.2 Å². The van der Waals surface area contributed by atoms with Crippen LogP contribution in [0.3, 0.4) is 0 Å². The molecule has 0 aliphatic carbocycles. The van der Waals surface area contributed by atoms with Crippen LogP contribution in [0.1, 0.15) is 26.7 Å². The van der Waals surface area contributed by atoms with Crippen molar-refractivity contribution in [1.29, 1.82) is 5.26 Å². The Morgan fingerprint density at radius 1 is 1.60 bits per heavy atom.